The number of hydrogen-bond acceptors (Lipinski definition) is 4. The SMILES string of the molecule is CC(C)OC(=O)c1ccncn1. The van der Waals surface area contributed by atoms with Crippen molar-refractivity contribution in [1.29, 1.82) is 0 Å². The van der Waals surface area contributed by atoms with E-state index in [1.54, 1.807) is 13.8 Å². The van der Waals surface area contributed by atoms with Crippen LogP contribution in [0, 0.1) is 0 Å². The van der Waals surface area contributed by atoms with E-state index in [9.17, 15) is 4.79 Å². The van der Waals surface area contributed by atoms with Gasteiger partial charge >= 0.3 is 5.97 Å². The molecule has 0 unspecified atom stereocenters. The highest BCUT2D eigenvalue weighted by atomic mass is 16.5. The van der Waals surface area contributed by atoms with Crippen LogP contribution in [0.25, 0.3) is 0 Å². The predicted molar refractivity (Wildman–Crippen MR) is 42.6 cm³/mol. The molecule has 0 aliphatic rings. The Bertz CT molecular complexity index is 259. The predicted octanol–water partition coefficient (Wildman–Crippen LogP) is 1.04. The third-order valence-corrected chi connectivity index (χ3v) is 1.13. The minimum atomic E-state index is -0.410. The summed E-state index contributed by atoms with van der Waals surface area (Å²) in [5.74, 6) is -0.410. The largest absolute Gasteiger partial charge is 0.458 e. The van der Waals surface area contributed by atoms with E-state index >= 15 is 0 Å². The highest BCUT2D eigenvalue weighted by molar-refractivity contribution is 5.87. The van der Waals surface area contributed by atoms with Gasteiger partial charge in [-0.25, -0.2) is 14.8 Å². The Hall–Kier alpha value is -1.45. The van der Waals surface area contributed by atoms with Gasteiger partial charge in [-0.05, 0) is 19.9 Å². The normalized spacial score (nSPS) is 9.92. The van der Waals surface area contributed by atoms with Crippen molar-refractivity contribution in [1.82, 2.24) is 9.97 Å². The second kappa shape index (κ2) is 3.80. The molecule has 1 aromatic heterocycles. The van der Waals surface area contributed by atoms with Crippen molar-refractivity contribution in [3.8, 4) is 0 Å². The average molecular weight is 166 g/mol. The maximum Gasteiger partial charge on any atom is 0.357 e. The fraction of sp³-hybridized carbons (Fsp3) is 0.375. The smallest absolute Gasteiger partial charge is 0.357 e. The minimum absolute atomic E-state index is 0.118. The first-order chi connectivity index (χ1) is 5.70. The number of rotatable bonds is 2. The Labute approximate surface area is 70.6 Å². The molecule has 4 heteroatoms. The van der Waals surface area contributed by atoms with Crippen LogP contribution in [0.15, 0.2) is 18.6 Å². The Balaban J connectivity index is 2.66. The van der Waals surface area contributed by atoms with Gasteiger partial charge in [0, 0.05) is 6.20 Å². The second-order valence-corrected chi connectivity index (χ2v) is 2.55. The van der Waals surface area contributed by atoms with E-state index in [1.807, 2.05) is 0 Å². The highest BCUT2D eigenvalue weighted by Gasteiger charge is 2.08. The molecule has 1 rings (SSSR count). The van der Waals surface area contributed by atoms with Gasteiger partial charge in [-0.15, -0.1) is 0 Å². The zero-order valence-corrected chi connectivity index (χ0v) is 7.02. The number of carbonyl (C=O) groups excluding carboxylic acids is 1. The molecule has 0 spiro atoms. The maximum atomic E-state index is 11.1. The van der Waals surface area contributed by atoms with Crippen molar-refractivity contribution in [2.75, 3.05) is 0 Å². The average Bonchev–Trinajstić information content (AvgIpc) is 2.05. The van der Waals surface area contributed by atoms with E-state index in [1.165, 1.54) is 18.6 Å². The van der Waals surface area contributed by atoms with Crippen LogP contribution in [0.3, 0.4) is 0 Å². The Morgan fingerprint density at radius 1 is 1.58 bits per heavy atom. The number of nitrogens with zero attached hydrogens (tertiary/aromatic N) is 2. The molecule has 0 bridgehead atoms. The molecule has 12 heavy (non-hydrogen) atoms. The van der Waals surface area contributed by atoms with Gasteiger partial charge in [-0.1, -0.05) is 0 Å². The van der Waals surface area contributed by atoms with E-state index in [2.05, 4.69) is 9.97 Å². The lowest BCUT2D eigenvalue weighted by atomic mass is 10.4. The Morgan fingerprint density at radius 2 is 2.33 bits per heavy atom. The van der Waals surface area contributed by atoms with Crippen LogP contribution in [-0.2, 0) is 4.74 Å². The summed E-state index contributed by atoms with van der Waals surface area (Å²) < 4.78 is 4.91. The zero-order valence-electron chi connectivity index (χ0n) is 7.02. The molecule has 0 atom stereocenters. The summed E-state index contributed by atoms with van der Waals surface area (Å²) in [6.07, 6.45) is 2.70. The molecule has 0 aliphatic heterocycles. The third kappa shape index (κ3) is 2.30. The summed E-state index contributed by atoms with van der Waals surface area (Å²) in [5, 5.41) is 0. The standard InChI is InChI=1S/C8H10N2O2/c1-6(2)12-8(11)7-3-4-9-5-10-7/h3-6H,1-2H3. The van der Waals surface area contributed by atoms with Crippen LogP contribution in [0.1, 0.15) is 24.3 Å². The summed E-state index contributed by atoms with van der Waals surface area (Å²) in [6.45, 7) is 3.58. The van der Waals surface area contributed by atoms with Crippen LogP contribution >= 0.6 is 0 Å². The molecule has 0 radical (unpaired) electrons. The van der Waals surface area contributed by atoms with Gasteiger partial charge in [0.15, 0.2) is 5.69 Å². The van der Waals surface area contributed by atoms with Gasteiger partial charge in [0.2, 0.25) is 0 Å². The van der Waals surface area contributed by atoms with Crippen molar-refractivity contribution in [2.45, 2.75) is 20.0 Å². The molecular formula is C8H10N2O2. The first kappa shape index (κ1) is 8.64. The number of hydrogen-bond donors (Lipinski definition) is 0. The topological polar surface area (TPSA) is 52.1 Å². The Kier molecular flexibility index (Phi) is 2.74. The first-order valence-electron chi connectivity index (χ1n) is 3.67. The van der Waals surface area contributed by atoms with E-state index in [4.69, 9.17) is 4.74 Å². The Morgan fingerprint density at radius 3 is 2.83 bits per heavy atom. The van der Waals surface area contributed by atoms with Gasteiger partial charge in [0.05, 0.1) is 6.10 Å². The van der Waals surface area contributed by atoms with Gasteiger partial charge < -0.3 is 4.74 Å². The molecule has 0 aromatic carbocycles. The first-order valence-corrected chi connectivity index (χ1v) is 3.67. The lowest BCUT2D eigenvalue weighted by Gasteiger charge is -2.05. The molecule has 0 saturated heterocycles. The van der Waals surface area contributed by atoms with Crippen LogP contribution < -0.4 is 0 Å². The molecule has 0 amide bonds. The highest BCUT2D eigenvalue weighted by Crippen LogP contribution is 1.98. The summed E-state index contributed by atoms with van der Waals surface area (Å²) in [5.41, 5.74) is 0.290. The molecule has 0 aliphatic carbocycles. The van der Waals surface area contributed by atoms with Gasteiger partial charge in [-0.2, -0.15) is 0 Å². The fourth-order valence-electron chi connectivity index (χ4n) is 0.686. The molecule has 0 N–H and O–H groups in total. The van der Waals surface area contributed by atoms with Crippen molar-refractivity contribution >= 4 is 5.97 Å². The van der Waals surface area contributed by atoms with E-state index in [0.717, 1.165) is 0 Å². The van der Waals surface area contributed by atoms with Crippen LogP contribution in [0.5, 0.6) is 0 Å². The number of carbonyl (C=O) groups is 1. The summed E-state index contributed by atoms with van der Waals surface area (Å²) >= 11 is 0. The second-order valence-electron chi connectivity index (χ2n) is 2.55. The molecule has 1 heterocycles. The van der Waals surface area contributed by atoms with Crippen LogP contribution in [0.4, 0.5) is 0 Å². The number of esters is 1. The molecule has 0 fully saturated rings. The number of aromatic nitrogens is 2. The van der Waals surface area contributed by atoms with Crippen molar-refractivity contribution in [2.24, 2.45) is 0 Å². The van der Waals surface area contributed by atoms with Crippen molar-refractivity contribution in [3.63, 3.8) is 0 Å². The van der Waals surface area contributed by atoms with Crippen LogP contribution in [0.2, 0.25) is 0 Å². The molecular weight excluding hydrogens is 156 g/mol. The third-order valence-electron chi connectivity index (χ3n) is 1.13. The quantitative estimate of drug-likeness (QED) is 0.616. The van der Waals surface area contributed by atoms with Crippen molar-refractivity contribution in [3.05, 3.63) is 24.3 Å². The summed E-state index contributed by atoms with van der Waals surface area (Å²) in [6, 6.07) is 1.52. The van der Waals surface area contributed by atoms with Gasteiger partial charge in [0.1, 0.15) is 6.33 Å². The molecule has 64 valence electrons. The molecule has 4 nitrogen and oxygen atoms in total. The van der Waals surface area contributed by atoms with Crippen molar-refractivity contribution < 1.29 is 9.53 Å². The summed E-state index contributed by atoms with van der Waals surface area (Å²) in [4.78, 5) is 18.6. The number of ether oxygens (including phenoxy) is 1. The van der Waals surface area contributed by atoms with Crippen LogP contribution in [-0.4, -0.2) is 22.0 Å². The fourth-order valence-corrected chi connectivity index (χ4v) is 0.686. The molecule has 0 saturated carbocycles. The lowest BCUT2D eigenvalue weighted by Crippen LogP contribution is -2.12. The maximum absolute atomic E-state index is 11.1. The summed E-state index contributed by atoms with van der Waals surface area (Å²) in [7, 11) is 0. The van der Waals surface area contributed by atoms with E-state index in [0.29, 0.717) is 5.69 Å². The van der Waals surface area contributed by atoms with E-state index in [-0.39, 0.29) is 6.10 Å². The van der Waals surface area contributed by atoms with Gasteiger partial charge in [0.25, 0.3) is 0 Å². The minimum Gasteiger partial charge on any atom is -0.458 e. The van der Waals surface area contributed by atoms with Gasteiger partial charge in [-0.3, -0.25) is 0 Å². The van der Waals surface area contributed by atoms with E-state index < -0.39 is 5.97 Å². The molecule has 1 aromatic rings. The monoisotopic (exact) mass is 166 g/mol. The lowest BCUT2D eigenvalue weighted by molar-refractivity contribution is 0.0370. The zero-order chi connectivity index (χ0) is 8.97.